The molecule has 1 nitrogen and oxygen atoms in total. The van der Waals surface area contributed by atoms with Gasteiger partial charge in [0.2, 0.25) is 0 Å². The number of hydrogen-bond acceptors (Lipinski definition) is 1. The molecule has 0 amide bonds. The van der Waals surface area contributed by atoms with E-state index in [1.54, 1.807) is 0 Å². The topological polar surface area (TPSA) is 9.23 Å². The van der Waals surface area contributed by atoms with E-state index < -0.39 is 5.41 Å². The van der Waals surface area contributed by atoms with Gasteiger partial charge in [-0.3, -0.25) is 0 Å². The highest BCUT2D eigenvalue weighted by Crippen LogP contribution is 2.57. The molecular formula is C32H25BrO. The second kappa shape index (κ2) is 8.45. The van der Waals surface area contributed by atoms with E-state index in [0.29, 0.717) is 6.61 Å². The summed E-state index contributed by atoms with van der Waals surface area (Å²) >= 11 is 3.82. The molecule has 1 aliphatic carbocycles. The summed E-state index contributed by atoms with van der Waals surface area (Å²) in [6.07, 6.45) is 8.67. The molecule has 1 heterocycles. The zero-order chi connectivity index (χ0) is 23.1. The fourth-order valence-electron chi connectivity index (χ4n) is 5.85. The Balaban J connectivity index is 1.86. The first kappa shape index (κ1) is 21.2. The van der Waals surface area contributed by atoms with Gasteiger partial charge in [-0.25, -0.2) is 0 Å². The zero-order valence-corrected chi connectivity index (χ0v) is 20.6. The number of hydrogen-bond donors (Lipinski definition) is 0. The van der Waals surface area contributed by atoms with Crippen LogP contribution in [0.1, 0.15) is 23.6 Å². The fourth-order valence-corrected chi connectivity index (χ4v) is 6.34. The van der Waals surface area contributed by atoms with Crippen molar-refractivity contribution in [1.82, 2.24) is 0 Å². The Hall–Kier alpha value is -3.36. The molecular weight excluding hydrogens is 480 g/mol. The molecule has 1 spiro atoms. The molecule has 2 aliphatic rings. The van der Waals surface area contributed by atoms with E-state index in [4.69, 9.17) is 4.74 Å². The van der Waals surface area contributed by atoms with Crippen molar-refractivity contribution < 1.29 is 4.74 Å². The van der Waals surface area contributed by atoms with Gasteiger partial charge in [0.15, 0.2) is 0 Å². The number of para-hydroxylation sites is 1. The molecule has 0 saturated carbocycles. The van der Waals surface area contributed by atoms with E-state index in [1.165, 1.54) is 38.9 Å². The van der Waals surface area contributed by atoms with Crippen molar-refractivity contribution in [3.05, 3.63) is 136 Å². The maximum atomic E-state index is 6.45. The first-order valence-electron chi connectivity index (χ1n) is 11.8. The lowest BCUT2D eigenvalue weighted by atomic mass is 9.60. The smallest absolute Gasteiger partial charge is 0.138 e. The molecule has 0 saturated heterocycles. The number of ether oxygens (including phenoxy) is 1. The molecule has 0 N–H and O–H groups in total. The van der Waals surface area contributed by atoms with E-state index in [0.717, 1.165) is 10.2 Å². The summed E-state index contributed by atoms with van der Waals surface area (Å²) in [5, 5.41) is 0. The average Bonchev–Trinajstić information content (AvgIpc) is 2.98. The van der Waals surface area contributed by atoms with Crippen molar-refractivity contribution in [2.24, 2.45) is 5.92 Å². The molecule has 1 unspecified atom stereocenters. The molecule has 4 aromatic carbocycles. The molecule has 166 valence electrons. The Labute approximate surface area is 209 Å². The number of allylic oxidation sites excluding steroid dienone is 3. The van der Waals surface area contributed by atoms with Gasteiger partial charge in [0, 0.05) is 5.56 Å². The first-order valence-corrected chi connectivity index (χ1v) is 12.6. The van der Waals surface area contributed by atoms with Gasteiger partial charge in [0.1, 0.15) is 12.4 Å². The van der Waals surface area contributed by atoms with Crippen molar-refractivity contribution in [1.29, 1.82) is 0 Å². The Kier molecular flexibility index (Phi) is 5.27. The molecule has 0 aromatic heterocycles. The summed E-state index contributed by atoms with van der Waals surface area (Å²) in [4.78, 5) is 0. The van der Waals surface area contributed by atoms with Gasteiger partial charge >= 0.3 is 0 Å². The monoisotopic (exact) mass is 504 g/mol. The maximum absolute atomic E-state index is 6.45. The van der Waals surface area contributed by atoms with Crippen LogP contribution in [0.5, 0.6) is 5.75 Å². The third kappa shape index (κ3) is 3.05. The second-order valence-electron chi connectivity index (χ2n) is 8.97. The van der Waals surface area contributed by atoms with E-state index in [1.807, 2.05) is 0 Å². The molecule has 4 aromatic rings. The van der Waals surface area contributed by atoms with Gasteiger partial charge in [-0.2, -0.15) is 0 Å². The second-order valence-corrected chi connectivity index (χ2v) is 9.83. The van der Waals surface area contributed by atoms with Gasteiger partial charge in [-0.15, -0.1) is 0 Å². The van der Waals surface area contributed by atoms with Crippen LogP contribution in [-0.4, -0.2) is 6.61 Å². The summed E-state index contributed by atoms with van der Waals surface area (Å²) in [7, 11) is 0. The SMILES string of the molecule is CC1/C=C\C=C/COc2c(Br)cccc2C12c1ccccc1-c1ccccc1-c1ccccc12. The molecule has 2 heteroatoms. The Morgan fingerprint density at radius 3 is 1.88 bits per heavy atom. The zero-order valence-electron chi connectivity index (χ0n) is 19.0. The summed E-state index contributed by atoms with van der Waals surface area (Å²) < 4.78 is 7.43. The number of halogens is 1. The van der Waals surface area contributed by atoms with Crippen molar-refractivity contribution in [2.45, 2.75) is 12.3 Å². The lowest BCUT2D eigenvalue weighted by Gasteiger charge is -2.42. The molecule has 0 bridgehead atoms. The van der Waals surface area contributed by atoms with Crippen LogP contribution in [0.2, 0.25) is 0 Å². The fraction of sp³-hybridized carbons (Fsp3) is 0.125. The Bertz CT molecular complexity index is 1380. The predicted molar refractivity (Wildman–Crippen MR) is 144 cm³/mol. The molecule has 1 aliphatic heterocycles. The minimum Gasteiger partial charge on any atom is -0.488 e. The minimum absolute atomic E-state index is 0.156. The van der Waals surface area contributed by atoms with Crippen LogP contribution in [0.4, 0.5) is 0 Å². The average molecular weight is 505 g/mol. The normalized spacial score (nSPS) is 19.4. The number of benzene rings is 4. The lowest BCUT2D eigenvalue weighted by molar-refractivity contribution is 0.343. The van der Waals surface area contributed by atoms with E-state index in [2.05, 4.69) is 138 Å². The van der Waals surface area contributed by atoms with Gasteiger partial charge < -0.3 is 4.74 Å². The van der Waals surface area contributed by atoms with Crippen LogP contribution in [0, 0.1) is 5.92 Å². The predicted octanol–water partition coefficient (Wildman–Crippen LogP) is 8.57. The Morgan fingerprint density at radius 1 is 0.676 bits per heavy atom. The summed E-state index contributed by atoms with van der Waals surface area (Å²) in [5.41, 5.74) is 8.42. The highest BCUT2D eigenvalue weighted by atomic mass is 79.9. The van der Waals surface area contributed by atoms with Gasteiger partial charge in [0.25, 0.3) is 0 Å². The minimum atomic E-state index is -0.451. The van der Waals surface area contributed by atoms with Crippen molar-refractivity contribution in [2.75, 3.05) is 6.61 Å². The highest BCUT2D eigenvalue weighted by molar-refractivity contribution is 9.10. The first-order chi connectivity index (χ1) is 16.7. The van der Waals surface area contributed by atoms with Crippen LogP contribution in [0.15, 0.2) is 120 Å². The largest absolute Gasteiger partial charge is 0.488 e. The maximum Gasteiger partial charge on any atom is 0.138 e. The quantitative estimate of drug-likeness (QED) is 0.233. The van der Waals surface area contributed by atoms with E-state index in [9.17, 15) is 0 Å². The van der Waals surface area contributed by atoms with Crippen molar-refractivity contribution >= 4 is 15.9 Å². The van der Waals surface area contributed by atoms with Gasteiger partial charge in [-0.05, 0) is 67.4 Å². The van der Waals surface area contributed by atoms with Crippen LogP contribution >= 0.6 is 15.9 Å². The third-order valence-corrected chi connectivity index (χ3v) is 7.88. The molecule has 6 rings (SSSR count). The highest BCUT2D eigenvalue weighted by Gasteiger charge is 2.47. The summed E-state index contributed by atoms with van der Waals surface area (Å²) in [6.45, 7) is 2.86. The molecule has 0 radical (unpaired) electrons. The van der Waals surface area contributed by atoms with Gasteiger partial charge in [0.05, 0.1) is 9.89 Å². The van der Waals surface area contributed by atoms with Crippen LogP contribution in [0.25, 0.3) is 22.3 Å². The molecule has 34 heavy (non-hydrogen) atoms. The van der Waals surface area contributed by atoms with Crippen LogP contribution < -0.4 is 4.74 Å². The lowest BCUT2D eigenvalue weighted by Crippen LogP contribution is -2.37. The molecule has 0 fully saturated rings. The van der Waals surface area contributed by atoms with Crippen molar-refractivity contribution in [3.63, 3.8) is 0 Å². The summed E-state index contributed by atoms with van der Waals surface area (Å²) in [5.74, 6) is 1.06. The molecule has 1 atom stereocenters. The van der Waals surface area contributed by atoms with Crippen molar-refractivity contribution in [3.8, 4) is 28.0 Å². The number of rotatable bonds is 0. The van der Waals surface area contributed by atoms with E-state index in [-0.39, 0.29) is 5.92 Å². The number of fused-ring (bicyclic) bond motifs is 9. The third-order valence-electron chi connectivity index (χ3n) is 7.26. The Morgan fingerprint density at radius 2 is 1.24 bits per heavy atom. The van der Waals surface area contributed by atoms with Gasteiger partial charge in [-0.1, -0.05) is 110 Å². The summed E-state index contributed by atoms with van der Waals surface area (Å²) in [6, 6.07) is 33.1. The van der Waals surface area contributed by atoms with Crippen LogP contribution in [-0.2, 0) is 5.41 Å². The van der Waals surface area contributed by atoms with Crippen LogP contribution in [0.3, 0.4) is 0 Å². The standard InChI is InChI=1S/C32H25BrO/c1-22-12-3-2-10-21-34-31-29(19-11-20-30(31)33)32(22)27-17-8-6-15-25(27)23-13-4-5-14-24(23)26-16-7-9-18-28(26)32/h2-20,22H,21H2,1H3/b10-2-,12-3-. The van der Waals surface area contributed by atoms with E-state index >= 15 is 0 Å².